The molecule has 0 aromatic carbocycles. The zero-order valence-electron chi connectivity index (χ0n) is 6.86. The number of aliphatic carboxylic acids is 1. The number of hydrogen-bond acceptors (Lipinski definition) is 3. The summed E-state index contributed by atoms with van der Waals surface area (Å²) < 4.78 is 0. The second-order valence-corrected chi connectivity index (χ2v) is 2.50. The number of Topliss-reactive ketones (excluding diaryl/α,β-unsaturated/α-hetero) is 1. The maximum atomic E-state index is 10.8. The molecule has 4 nitrogen and oxygen atoms in total. The maximum absolute atomic E-state index is 10.8. The first-order chi connectivity index (χ1) is 6.15. The average molecular weight is 179 g/mol. The van der Waals surface area contributed by atoms with Crippen LogP contribution in [0.5, 0.6) is 0 Å². The molecule has 0 atom stereocenters. The molecule has 0 amide bonds. The van der Waals surface area contributed by atoms with Crippen molar-refractivity contribution < 1.29 is 14.7 Å². The summed E-state index contributed by atoms with van der Waals surface area (Å²) in [6.07, 6.45) is 7.38. The lowest BCUT2D eigenvalue weighted by Crippen LogP contribution is -2.10. The Bertz CT molecular complexity index is 313. The minimum atomic E-state index is -0.968. The van der Waals surface area contributed by atoms with Crippen molar-refractivity contribution >= 4 is 11.8 Å². The molecule has 0 heterocycles. The highest BCUT2D eigenvalue weighted by Gasteiger charge is 2.19. The Morgan fingerprint density at radius 3 is 1.77 bits per heavy atom. The van der Waals surface area contributed by atoms with E-state index in [1.807, 2.05) is 24.3 Å². The Morgan fingerprint density at radius 1 is 1.31 bits per heavy atom. The lowest BCUT2D eigenvalue weighted by atomic mass is 10.2. The molecule has 0 aromatic heterocycles. The van der Waals surface area contributed by atoms with Crippen LogP contribution in [0.2, 0.25) is 0 Å². The van der Waals surface area contributed by atoms with Gasteiger partial charge in [-0.25, -0.2) is 0 Å². The zero-order chi connectivity index (χ0) is 9.84. The van der Waals surface area contributed by atoms with Gasteiger partial charge in [0.2, 0.25) is 0 Å². The third kappa shape index (κ3) is 2.13. The van der Waals surface area contributed by atoms with E-state index < -0.39 is 5.97 Å². The number of ketones is 1. The van der Waals surface area contributed by atoms with Crippen LogP contribution in [0.25, 0.3) is 0 Å². The molecule has 0 spiro atoms. The SMILES string of the molecule is NCC(=O)O.O=C1C2=CC=C1C=C2. The van der Waals surface area contributed by atoms with E-state index in [1.54, 1.807) is 0 Å². The molecule has 0 aliphatic heterocycles. The zero-order valence-corrected chi connectivity index (χ0v) is 6.86. The van der Waals surface area contributed by atoms with Gasteiger partial charge in [-0.05, 0) is 0 Å². The second-order valence-electron chi connectivity index (χ2n) is 2.50. The molecule has 3 N–H and O–H groups in total. The molecule has 2 bridgehead atoms. The molecule has 0 saturated heterocycles. The van der Waals surface area contributed by atoms with Crippen LogP contribution in [0.4, 0.5) is 0 Å². The van der Waals surface area contributed by atoms with E-state index in [9.17, 15) is 9.59 Å². The van der Waals surface area contributed by atoms with Crippen LogP contribution in [0.15, 0.2) is 35.5 Å². The van der Waals surface area contributed by atoms with Gasteiger partial charge >= 0.3 is 5.97 Å². The Morgan fingerprint density at radius 2 is 1.69 bits per heavy atom. The molecule has 68 valence electrons. The molecule has 2 aliphatic carbocycles. The molecule has 2 aliphatic rings. The number of hydrogen-bond donors (Lipinski definition) is 2. The van der Waals surface area contributed by atoms with Crippen molar-refractivity contribution in [2.45, 2.75) is 0 Å². The number of nitrogens with two attached hydrogens (primary N) is 1. The normalized spacial score (nSPS) is 16.2. The third-order valence-corrected chi connectivity index (χ3v) is 1.58. The van der Waals surface area contributed by atoms with E-state index >= 15 is 0 Å². The Labute approximate surface area is 75.0 Å². The summed E-state index contributed by atoms with van der Waals surface area (Å²) in [6, 6.07) is 0. The third-order valence-electron chi connectivity index (χ3n) is 1.58. The summed E-state index contributed by atoms with van der Waals surface area (Å²) in [5, 5.41) is 7.60. The van der Waals surface area contributed by atoms with Crippen molar-refractivity contribution in [3.05, 3.63) is 35.5 Å². The largest absolute Gasteiger partial charge is 0.480 e. The molecule has 2 rings (SSSR count). The monoisotopic (exact) mass is 179 g/mol. The fourth-order valence-electron chi connectivity index (χ4n) is 0.940. The number of rotatable bonds is 1. The van der Waals surface area contributed by atoms with Crippen LogP contribution in [0, 0.1) is 0 Å². The molecular formula is C9H9NO3. The quantitative estimate of drug-likeness (QED) is 0.594. The van der Waals surface area contributed by atoms with E-state index in [2.05, 4.69) is 5.73 Å². The molecule has 4 heteroatoms. The first kappa shape index (κ1) is 9.41. The standard InChI is InChI=1S/C7H4O.C2H5NO2/c8-7-5-1-2-6(7)4-3-5;3-1-2(4)5/h1-4H;1,3H2,(H,4,5). The number of carbonyl (C=O) groups is 2. The highest BCUT2D eigenvalue weighted by atomic mass is 16.4. The van der Waals surface area contributed by atoms with Crippen molar-refractivity contribution in [2.24, 2.45) is 5.73 Å². The number of carbonyl (C=O) groups excluding carboxylic acids is 1. The Balaban J connectivity index is 0.000000149. The summed E-state index contributed by atoms with van der Waals surface area (Å²) in [7, 11) is 0. The summed E-state index contributed by atoms with van der Waals surface area (Å²) >= 11 is 0. The molecular weight excluding hydrogens is 170 g/mol. The van der Waals surface area contributed by atoms with Gasteiger partial charge in [-0.2, -0.15) is 0 Å². The van der Waals surface area contributed by atoms with E-state index in [0.29, 0.717) is 0 Å². The molecule has 13 heavy (non-hydrogen) atoms. The number of carboxylic acids is 1. The predicted octanol–water partition coefficient (Wildman–Crippen LogP) is 0.0214. The minimum absolute atomic E-state index is 0.185. The van der Waals surface area contributed by atoms with Crippen LogP contribution in [0.3, 0.4) is 0 Å². The first-order valence-electron chi connectivity index (χ1n) is 3.72. The van der Waals surface area contributed by atoms with Gasteiger partial charge in [0.25, 0.3) is 0 Å². The topological polar surface area (TPSA) is 80.4 Å². The van der Waals surface area contributed by atoms with Crippen LogP contribution >= 0.6 is 0 Å². The van der Waals surface area contributed by atoms with Gasteiger partial charge in [0.1, 0.15) is 0 Å². The minimum Gasteiger partial charge on any atom is -0.480 e. The van der Waals surface area contributed by atoms with Gasteiger partial charge in [0.05, 0.1) is 6.54 Å². The highest BCUT2D eigenvalue weighted by molar-refractivity contribution is 6.17. The smallest absolute Gasteiger partial charge is 0.317 e. The number of carboxylic acid groups (broad SMARTS) is 1. The molecule has 0 fully saturated rings. The van der Waals surface area contributed by atoms with Crippen LogP contribution in [0.1, 0.15) is 0 Å². The van der Waals surface area contributed by atoms with Crippen molar-refractivity contribution in [3.63, 3.8) is 0 Å². The van der Waals surface area contributed by atoms with E-state index in [4.69, 9.17) is 5.11 Å². The van der Waals surface area contributed by atoms with Crippen LogP contribution in [-0.4, -0.2) is 23.4 Å². The Kier molecular flexibility index (Phi) is 2.76. The highest BCUT2D eigenvalue weighted by Crippen LogP contribution is 2.23. The van der Waals surface area contributed by atoms with E-state index in [1.165, 1.54) is 0 Å². The van der Waals surface area contributed by atoms with Crippen molar-refractivity contribution in [1.29, 1.82) is 0 Å². The Hall–Kier alpha value is -1.68. The first-order valence-corrected chi connectivity index (χ1v) is 3.72. The van der Waals surface area contributed by atoms with Crippen molar-refractivity contribution in [1.82, 2.24) is 0 Å². The van der Waals surface area contributed by atoms with Crippen LogP contribution < -0.4 is 5.73 Å². The molecule has 0 unspecified atom stereocenters. The van der Waals surface area contributed by atoms with E-state index in [0.717, 1.165) is 11.1 Å². The van der Waals surface area contributed by atoms with Crippen molar-refractivity contribution in [3.8, 4) is 0 Å². The van der Waals surface area contributed by atoms with Gasteiger partial charge < -0.3 is 10.8 Å². The lowest BCUT2D eigenvalue weighted by Gasteiger charge is -1.78. The summed E-state index contributed by atoms with van der Waals surface area (Å²) in [5.74, 6) is -0.782. The van der Waals surface area contributed by atoms with Gasteiger partial charge in [-0.15, -0.1) is 0 Å². The van der Waals surface area contributed by atoms with Crippen LogP contribution in [-0.2, 0) is 9.59 Å². The number of allylic oxidation sites excluding steroid dienone is 6. The van der Waals surface area contributed by atoms with Gasteiger partial charge in [0, 0.05) is 11.1 Å². The average Bonchev–Trinajstić information content (AvgIpc) is 2.65. The van der Waals surface area contributed by atoms with Crippen molar-refractivity contribution in [2.75, 3.05) is 6.54 Å². The second kappa shape index (κ2) is 3.82. The molecule has 0 aromatic rings. The summed E-state index contributed by atoms with van der Waals surface area (Å²) in [6.45, 7) is -0.278. The fraction of sp³-hybridized carbons (Fsp3) is 0.111. The maximum Gasteiger partial charge on any atom is 0.317 e. The van der Waals surface area contributed by atoms with Gasteiger partial charge in [0.15, 0.2) is 5.78 Å². The fourth-order valence-corrected chi connectivity index (χ4v) is 0.940. The van der Waals surface area contributed by atoms with E-state index in [-0.39, 0.29) is 12.3 Å². The van der Waals surface area contributed by atoms with Gasteiger partial charge in [-0.1, -0.05) is 24.3 Å². The summed E-state index contributed by atoms with van der Waals surface area (Å²) in [4.78, 5) is 20.0. The molecule has 0 saturated carbocycles. The predicted molar refractivity (Wildman–Crippen MR) is 47.0 cm³/mol. The molecule has 0 radical (unpaired) electrons. The van der Waals surface area contributed by atoms with Gasteiger partial charge in [-0.3, -0.25) is 9.59 Å². The lowest BCUT2D eigenvalue weighted by molar-refractivity contribution is -0.135. The number of fused-ring (bicyclic) bond motifs is 2. The summed E-state index contributed by atoms with van der Waals surface area (Å²) in [5.41, 5.74) is 6.24.